The van der Waals surface area contributed by atoms with Gasteiger partial charge in [-0.15, -0.1) is 0 Å². The molecule has 0 heterocycles. The van der Waals surface area contributed by atoms with Gasteiger partial charge in [-0.2, -0.15) is 0 Å². The van der Waals surface area contributed by atoms with Crippen molar-refractivity contribution in [1.82, 2.24) is 0 Å². The number of methoxy groups -OCH3 is 2. The van der Waals surface area contributed by atoms with Crippen LogP contribution < -0.4 is 9.47 Å². The first-order valence-electron chi connectivity index (χ1n) is 6.65. The second-order valence-electron chi connectivity index (χ2n) is 4.33. The van der Waals surface area contributed by atoms with Gasteiger partial charge in [0.2, 0.25) is 0 Å². The van der Waals surface area contributed by atoms with E-state index in [1.807, 2.05) is 6.92 Å². The van der Waals surface area contributed by atoms with Gasteiger partial charge in [-0.05, 0) is 31.0 Å². The number of hydrogen-bond acceptors (Lipinski definition) is 5. The van der Waals surface area contributed by atoms with E-state index in [9.17, 15) is 9.90 Å². The summed E-state index contributed by atoms with van der Waals surface area (Å²) in [7, 11) is 3.07. The van der Waals surface area contributed by atoms with Gasteiger partial charge in [-0.25, -0.2) is 0 Å². The summed E-state index contributed by atoms with van der Waals surface area (Å²) in [4.78, 5) is 11.8. The standard InChI is InChI=1S/C15H22O5/c1-5-11(15(17)20-6-2)14(16)10-7-8-12(18-3)13(9-10)19-4/h7-9,11,14,16H,5-6H2,1-4H3. The number of carbonyl (C=O) groups is 1. The summed E-state index contributed by atoms with van der Waals surface area (Å²) >= 11 is 0. The Morgan fingerprint density at radius 3 is 2.35 bits per heavy atom. The third kappa shape index (κ3) is 3.63. The van der Waals surface area contributed by atoms with Crippen molar-refractivity contribution >= 4 is 5.97 Å². The second kappa shape index (κ2) is 7.75. The minimum absolute atomic E-state index is 0.300. The van der Waals surface area contributed by atoms with Gasteiger partial charge in [0.25, 0.3) is 0 Å². The van der Waals surface area contributed by atoms with Crippen LogP contribution in [0.5, 0.6) is 11.5 Å². The largest absolute Gasteiger partial charge is 0.493 e. The molecule has 0 saturated heterocycles. The van der Waals surface area contributed by atoms with Crippen LogP contribution in [0.15, 0.2) is 18.2 Å². The lowest BCUT2D eigenvalue weighted by atomic mass is 9.93. The topological polar surface area (TPSA) is 65.0 Å². The molecule has 0 aliphatic heterocycles. The van der Waals surface area contributed by atoms with Gasteiger partial charge in [0.15, 0.2) is 11.5 Å². The highest BCUT2D eigenvalue weighted by molar-refractivity contribution is 5.73. The van der Waals surface area contributed by atoms with Gasteiger partial charge in [-0.1, -0.05) is 13.0 Å². The maximum Gasteiger partial charge on any atom is 0.311 e. The van der Waals surface area contributed by atoms with Crippen molar-refractivity contribution in [3.63, 3.8) is 0 Å². The maximum absolute atomic E-state index is 11.8. The van der Waals surface area contributed by atoms with Crippen molar-refractivity contribution in [3.05, 3.63) is 23.8 Å². The summed E-state index contributed by atoms with van der Waals surface area (Å²) in [6, 6.07) is 5.09. The second-order valence-corrected chi connectivity index (χ2v) is 4.33. The Hall–Kier alpha value is -1.75. The van der Waals surface area contributed by atoms with Gasteiger partial charge in [0, 0.05) is 0 Å². The van der Waals surface area contributed by atoms with Crippen LogP contribution in [0.25, 0.3) is 0 Å². The Bertz CT molecular complexity index is 444. The molecule has 0 radical (unpaired) electrons. The minimum atomic E-state index is -0.932. The Morgan fingerprint density at radius 2 is 1.85 bits per heavy atom. The number of esters is 1. The molecule has 112 valence electrons. The third-order valence-electron chi connectivity index (χ3n) is 3.16. The van der Waals surface area contributed by atoms with E-state index >= 15 is 0 Å². The van der Waals surface area contributed by atoms with Gasteiger partial charge in [0.1, 0.15) is 0 Å². The van der Waals surface area contributed by atoms with Crippen LogP contribution in [-0.2, 0) is 9.53 Å². The number of carbonyl (C=O) groups excluding carboxylic acids is 1. The number of hydrogen-bond donors (Lipinski definition) is 1. The van der Waals surface area contributed by atoms with E-state index in [1.165, 1.54) is 7.11 Å². The van der Waals surface area contributed by atoms with Crippen molar-refractivity contribution in [2.24, 2.45) is 5.92 Å². The molecule has 0 aromatic heterocycles. The SMILES string of the molecule is CCOC(=O)C(CC)C(O)c1ccc(OC)c(OC)c1. The normalized spacial score (nSPS) is 13.4. The molecule has 0 spiro atoms. The van der Waals surface area contributed by atoms with Gasteiger partial charge in [-0.3, -0.25) is 4.79 Å². The van der Waals surface area contributed by atoms with Crippen LogP contribution in [0, 0.1) is 5.92 Å². The molecule has 2 unspecified atom stereocenters. The molecular weight excluding hydrogens is 260 g/mol. The molecule has 0 bridgehead atoms. The zero-order valence-corrected chi connectivity index (χ0v) is 12.4. The first kappa shape index (κ1) is 16.3. The van der Waals surface area contributed by atoms with E-state index in [-0.39, 0.29) is 0 Å². The summed E-state index contributed by atoms with van der Waals surface area (Å²) in [6.45, 7) is 3.88. The minimum Gasteiger partial charge on any atom is -0.493 e. The highest BCUT2D eigenvalue weighted by atomic mass is 16.5. The molecule has 0 aliphatic carbocycles. The van der Waals surface area contributed by atoms with E-state index in [1.54, 1.807) is 32.2 Å². The molecule has 5 heteroatoms. The molecule has 2 atom stereocenters. The van der Waals surface area contributed by atoms with E-state index in [4.69, 9.17) is 14.2 Å². The average molecular weight is 282 g/mol. The lowest BCUT2D eigenvalue weighted by molar-refractivity contribution is -0.152. The van der Waals surface area contributed by atoms with E-state index in [0.717, 1.165) is 0 Å². The monoisotopic (exact) mass is 282 g/mol. The fraction of sp³-hybridized carbons (Fsp3) is 0.533. The zero-order chi connectivity index (χ0) is 15.1. The fourth-order valence-electron chi connectivity index (χ4n) is 2.04. The number of aliphatic hydroxyl groups is 1. The maximum atomic E-state index is 11.8. The molecule has 5 nitrogen and oxygen atoms in total. The molecule has 1 N–H and O–H groups in total. The molecule has 1 rings (SSSR count). The number of ether oxygens (including phenoxy) is 3. The van der Waals surface area contributed by atoms with Crippen LogP contribution >= 0.6 is 0 Å². The molecule has 0 amide bonds. The molecular formula is C15H22O5. The predicted octanol–water partition coefficient (Wildman–Crippen LogP) is 2.33. The lowest BCUT2D eigenvalue weighted by Crippen LogP contribution is -2.24. The van der Waals surface area contributed by atoms with E-state index in [2.05, 4.69) is 0 Å². The summed E-state index contributed by atoms with van der Waals surface area (Å²) in [5, 5.41) is 10.4. The van der Waals surface area contributed by atoms with Crippen LogP contribution in [0.2, 0.25) is 0 Å². The Morgan fingerprint density at radius 1 is 1.20 bits per heavy atom. The van der Waals surface area contributed by atoms with Crippen molar-refractivity contribution in [2.45, 2.75) is 26.4 Å². The van der Waals surface area contributed by atoms with Crippen LogP contribution in [0.4, 0.5) is 0 Å². The zero-order valence-electron chi connectivity index (χ0n) is 12.4. The highest BCUT2D eigenvalue weighted by Gasteiger charge is 2.28. The van der Waals surface area contributed by atoms with E-state index < -0.39 is 18.0 Å². The number of aliphatic hydroxyl groups excluding tert-OH is 1. The molecule has 1 aromatic carbocycles. The first-order chi connectivity index (χ1) is 9.58. The molecule has 0 saturated carbocycles. The smallest absolute Gasteiger partial charge is 0.311 e. The molecule has 1 aromatic rings. The van der Waals surface area contributed by atoms with Crippen molar-refractivity contribution in [1.29, 1.82) is 0 Å². The van der Waals surface area contributed by atoms with Crippen molar-refractivity contribution in [2.75, 3.05) is 20.8 Å². The number of benzene rings is 1. The highest BCUT2D eigenvalue weighted by Crippen LogP contribution is 2.33. The molecule has 0 aliphatic rings. The van der Waals surface area contributed by atoms with E-state index in [0.29, 0.717) is 30.1 Å². The average Bonchev–Trinajstić information content (AvgIpc) is 2.47. The summed E-state index contributed by atoms with van der Waals surface area (Å²) in [5.41, 5.74) is 0.600. The van der Waals surface area contributed by atoms with Crippen molar-refractivity contribution in [3.8, 4) is 11.5 Å². The summed E-state index contributed by atoms with van der Waals surface area (Å²) in [6.07, 6.45) is -0.437. The van der Waals surface area contributed by atoms with Gasteiger partial charge < -0.3 is 19.3 Å². The van der Waals surface area contributed by atoms with Gasteiger partial charge >= 0.3 is 5.97 Å². The van der Waals surface area contributed by atoms with Crippen LogP contribution in [-0.4, -0.2) is 31.9 Å². The third-order valence-corrected chi connectivity index (χ3v) is 3.16. The Balaban J connectivity index is 3.00. The Kier molecular flexibility index (Phi) is 6.31. The summed E-state index contributed by atoms with van der Waals surface area (Å²) in [5.74, 6) is 0.112. The first-order valence-corrected chi connectivity index (χ1v) is 6.65. The quantitative estimate of drug-likeness (QED) is 0.778. The lowest BCUT2D eigenvalue weighted by Gasteiger charge is -2.21. The van der Waals surface area contributed by atoms with Crippen molar-refractivity contribution < 1.29 is 24.1 Å². The summed E-state index contributed by atoms with van der Waals surface area (Å²) < 4.78 is 15.3. The van der Waals surface area contributed by atoms with Crippen LogP contribution in [0.3, 0.4) is 0 Å². The Labute approximate surface area is 119 Å². The number of rotatable bonds is 7. The molecule has 20 heavy (non-hydrogen) atoms. The van der Waals surface area contributed by atoms with Crippen LogP contribution in [0.1, 0.15) is 31.9 Å². The predicted molar refractivity (Wildman–Crippen MR) is 74.9 cm³/mol. The fourth-order valence-corrected chi connectivity index (χ4v) is 2.04. The molecule has 0 fully saturated rings. The van der Waals surface area contributed by atoms with Gasteiger partial charge in [0.05, 0.1) is 32.8 Å².